The second-order valence-corrected chi connectivity index (χ2v) is 17.7. The summed E-state index contributed by atoms with van der Waals surface area (Å²) in [5.41, 5.74) is -2.64. The molecule has 0 aromatic carbocycles. The zero-order valence-electron chi connectivity index (χ0n) is 35.8. The molecule has 0 N–H and O–H groups in total. The van der Waals surface area contributed by atoms with Gasteiger partial charge in [0.15, 0.2) is 0 Å². The molecule has 1 fully saturated rings. The highest BCUT2D eigenvalue weighted by molar-refractivity contribution is 5.83. The van der Waals surface area contributed by atoms with E-state index in [9.17, 15) is 24.0 Å². The molecular formula is C39H73N5O10. The zero-order valence-corrected chi connectivity index (χ0v) is 35.8. The zero-order chi connectivity index (χ0) is 41.3. The Morgan fingerprint density at radius 1 is 0.519 bits per heavy atom. The van der Waals surface area contributed by atoms with E-state index >= 15 is 0 Å². The monoisotopic (exact) mass is 772 g/mol. The molecule has 0 saturated carbocycles. The average Bonchev–Trinajstić information content (AvgIpc) is 2.97. The van der Waals surface area contributed by atoms with Crippen LogP contribution in [0.4, 0.5) is 0 Å². The van der Waals surface area contributed by atoms with Gasteiger partial charge in [-0.15, -0.1) is 0 Å². The Morgan fingerprint density at radius 3 is 1.19 bits per heavy atom. The van der Waals surface area contributed by atoms with Crippen LogP contribution in [0.15, 0.2) is 0 Å². The minimum absolute atomic E-state index is 0.0145. The Labute approximate surface area is 325 Å². The van der Waals surface area contributed by atoms with Crippen LogP contribution in [0.25, 0.3) is 0 Å². The SMILES string of the molecule is CCCC(C)(C)OC(=O)CN1CCN(CC(=O)OC(C)(C)C)CCN(CC(=O)OC(C)(C)C)CCN(CC(=O)N(CCOC)CC(=O)OC(C)(C)C)CC1. The summed E-state index contributed by atoms with van der Waals surface area (Å²) in [5, 5.41) is 0. The lowest BCUT2D eigenvalue weighted by Crippen LogP contribution is -2.51. The Bertz CT molecular complexity index is 1190. The van der Waals surface area contributed by atoms with Gasteiger partial charge in [0.05, 0.1) is 32.8 Å². The van der Waals surface area contributed by atoms with E-state index in [0.29, 0.717) is 52.4 Å². The third kappa shape index (κ3) is 23.8. The molecule has 0 radical (unpaired) electrons. The quantitative estimate of drug-likeness (QED) is 0.167. The Morgan fingerprint density at radius 2 is 0.852 bits per heavy atom. The van der Waals surface area contributed by atoms with Gasteiger partial charge in [0.25, 0.3) is 0 Å². The number of rotatable bonds is 16. The average molecular weight is 772 g/mol. The number of methoxy groups -OCH3 is 1. The largest absolute Gasteiger partial charge is 0.459 e. The molecule has 0 unspecified atom stereocenters. The van der Waals surface area contributed by atoms with Crippen LogP contribution < -0.4 is 0 Å². The van der Waals surface area contributed by atoms with Crippen molar-refractivity contribution in [3.63, 3.8) is 0 Å². The first-order valence-electron chi connectivity index (χ1n) is 19.3. The molecule has 1 saturated heterocycles. The van der Waals surface area contributed by atoms with Crippen LogP contribution in [0.2, 0.25) is 0 Å². The first-order valence-corrected chi connectivity index (χ1v) is 19.3. The molecule has 0 aromatic heterocycles. The molecule has 314 valence electrons. The Hall–Kier alpha value is -2.85. The molecule has 0 atom stereocenters. The van der Waals surface area contributed by atoms with Gasteiger partial charge in [-0.05, 0) is 82.6 Å². The number of hydrogen-bond donors (Lipinski definition) is 0. The maximum Gasteiger partial charge on any atom is 0.326 e. The molecule has 0 aliphatic carbocycles. The number of carbonyl (C=O) groups excluding carboxylic acids is 5. The van der Waals surface area contributed by atoms with E-state index in [2.05, 4.69) is 0 Å². The molecule has 1 heterocycles. The minimum atomic E-state index is -0.708. The summed E-state index contributed by atoms with van der Waals surface area (Å²) in [6, 6.07) is 0. The van der Waals surface area contributed by atoms with Crippen molar-refractivity contribution < 1.29 is 47.7 Å². The first kappa shape index (κ1) is 49.2. The number of ether oxygens (including phenoxy) is 5. The van der Waals surface area contributed by atoms with Gasteiger partial charge in [-0.3, -0.25) is 43.6 Å². The van der Waals surface area contributed by atoms with E-state index in [4.69, 9.17) is 23.7 Å². The fourth-order valence-electron chi connectivity index (χ4n) is 5.81. The summed E-state index contributed by atoms with van der Waals surface area (Å²) >= 11 is 0. The normalized spacial score (nSPS) is 16.8. The minimum Gasteiger partial charge on any atom is -0.459 e. The second kappa shape index (κ2) is 22.6. The van der Waals surface area contributed by atoms with Crippen molar-refractivity contribution >= 4 is 29.8 Å². The van der Waals surface area contributed by atoms with Crippen LogP contribution in [0, 0.1) is 0 Å². The van der Waals surface area contributed by atoms with Crippen molar-refractivity contribution in [1.82, 2.24) is 24.5 Å². The lowest BCUT2D eigenvalue weighted by atomic mass is 10.0. The molecule has 1 rings (SSSR count). The lowest BCUT2D eigenvalue weighted by Gasteiger charge is -2.35. The van der Waals surface area contributed by atoms with Gasteiger partial charge in [0.1, 0.15) is 28.9 Å². The van der Waals surface area contributed by atoms with E-state index < -0.39 is 28.4 Å². The topological polar surface area (TPSA) is 148 Å². The summed E-state index contributed by atoms with van der Waals surface area (Å²) in [4.78, 5) is 75.2. The predicted molar refractivity (Wildman–Crippen MR) is 207 cm³/mol. The number of amides is 1. The van der Waals surface area contributed by atoms with Gasteiger partial charge in [0, 0.05) is 66.0 Å². The number of hydrogen-bond acceptors (Lipinski definition) is 14. The van der Waals surface area contributed by atoms with Gasteiger partial charge in [-0.2, -0.15) is 0 Å². The van der Waals surface area contributed by atoms with Crippen molar-refractivity contribution in [1.29, 1.82) is 0 Å². The standard InChI is InChI=1S/C39H73N5O10/c1-14-15-39(11,12)54-34(48)29-43-19-17-40(26-31(45)44(24-25-50-13)30-35(49)53-38(8,9)10)16-18-41(27-32(46)51-36(2,3)4)20-21-42(22-23-43)28-33(47)52-37(5,6)7/h14-30H2,1-13H3. The van der Waals surface area contributed by atoms with E-state index in [1.165, 1.54) is 12.0 Å². The summed E-state index contributed by atoms with van der Waals surface area (Å²) in [6.07, 6.45) is 1.59. The predicted octanol–water partition coefficient (Wildman–Crippen LogP) is 2.83. The fraction of sp³-hybridized carbons (Fsp3) is 0.872. The van der Waals surface area contributed by atoms with Crippen molar-refractivity contribution in [2.75, 3.05) is 105 Å². The molecule has 1 aliphatic rings. The highest BCUT2D eigenvalue weighted by Gasteiger charge is 2.28. The van der Waals surface area contributed by atoms with Gasteiger partial charge < -0.3 is 28.6 Å². The molecule has 0 spiro atoms. The molecule has 0 aromatic rings. The number of carbonyl (C=O) groups is 5. The van der Waals surface area contributed by atoms with Crippen LogP contribution in [0.1, 0.15) is 95.9 Å². The fourth-order valence-corrected chi connectivity index (χ4v) is 5.81. The molecule has 0 bridgehead atoms. The number of nitrogens with zero attached hydrogens (tertiary/aromatic N) is 5. The smallest absolute Gasteiger partial charge is 0.326 e. The van der Waals surface area contributed by atoms with Crippen molar-refractivity contribution in [2.45, 2.75) is 118 Å². The molecule has 15 heteroatoms. The van der Waals surface area contributed by atoms with Crippen molar-refractivity contribution in [3.05, 3.63) is 0 Å². The number of esters is 4. The van der Waals surface area contributed by atoms with E-state index in [-0.39, 0.29) is 69.7 Å². The third-order valence-corrected chi connectivity index (χ3v) is 8.09. The highest BCUT2D eigenvalue weighted by atomic mass is 16.6. The highest BCUT2D eigenvalue weighted by Crippen LogP contribution is 2.17. The van der Waals surface area contributed by atoms with Gasteiger partial charge >= 0.3 is 23.9 Å². The van der Waals surface area contributed by atoms with E-state index in [1.54, 1.807) is 20.8 Å². The molecule has 1 aliphatic heterocycles. The maximum atomic E-state index is 13.8. The van der Waals surface area contributed by atoms with Gasteiger partial charge in [-0.1, -0.05) is 13.3 Å². The van der Waals surface area contributed by atoms with E-state index in [1.807, 2.05) is 81.9 Å². The molecule has 15 nitrogen and oxygen atoms in total. The van der Waals surface area contributed by atoms with Gasteiger partial charge in [-0.25, -0.2) is 0 Å². The van der Waals surface area contributed by atoms with E-state index in [0.717, 1.165) is 12.8 Å². The molecular weight excluding hydrogens is 698 g/mol. The summed E-state index contributed by atoms with van der Waals surface area (Å²) in [6.45, 7) is 25.7. The third-order valence-electron chi connectivity index (χ3n) is 8.09. The van der Waals surface area contributed by atoms with Crippen LogP contribution in [0.3, 0.4) is 0 Å². The molecule has 1 amide bonds. The van der Waals surface area contributed by atoms with Crippen LogP contribution in [-0.2, 0) is 47.7 Å². The van der Waals surface area contributed by atoms with Crippen molar-refractivity contribution in [2.24, 2.45) is 0 Å². The first-order chi connectivity index (χ1) is 24.8. The summed E-state index contributed by atoms with van der Waals surface area (Å²) in [5.74, 6) is -1.90. The van der Waals surface area contributed by atoms with Crippen LogP contribution in [0.5, 0.6) is 0 Å². The van der Waals surface area contributed by atoms with Crippen LogP contribution >= 0.6 is 0 Å². The Kier molecular flexibility index (Phi) is 20.6. The van der Waals surface area contributed by atoms with Gasteiger partial charge in [0.2, 0.25) is 5.91 Å². The maximum absolute atomic E-state index is 13.8. The van der Waals surface area contributed by atoms with Crippen LogP contribution in [-0.4, -0.2) is 182 Å². The lowest BCUT2D eigenvalue weighted by molar-refractivity contribution is -0.159. The Balaban J connectivity index is 3.42. The second-order valence-electron chi connectivity index (χ2n) is 17.7. The molecule has 54 heavy (non-hydrogen) atoms. The summed E-state index contributed by atoms with van der Waals surface area (Å²) in [7, 11) is 1.53. The summed E-state index contributed by atoms with van der Waals surface area (Å²) < 4.78 is 27.9. The van der Waals surface area contributed by atoms with Crippen molar-refractivity contribution in [3.8, 4) is 0 Å².